The lowest BCUT2D eigenvalue weighted by Crippen LogP contribution is -2.28. The van der Waals surface area contributed by atoms with Crippen molar-refractivity contribution in [3.63, 3.8) is 0 Å². The quantitative estimate of drug-likeness (QED) is 0.0880. The average molecular weight is 805 g/mol. The van der Waals surface area contributed by atoms with E-state index >= 15 is 0 Å². The minimum absolute atomic E-state index is 0.101. The van der Waals surface area contributed by atoms with Crippen LogP contribution < -0.4 is 10.6 Å². The van der Waals surface area contributed by atoms with Crippen molar-refractivity contribution in [3.05, 3.63) is 97.2 Å². The van der Waals surface area contributed by atoms with Crippen LogP contribution in [0, 0.1) is 24.7 Å². The number of aromatic nitrogens is 1. The number of fused-ring (bicyclic) bond motifs is 5. The van der Waals surface area contributed by atoms with E-state index in [9.17, 15) is 30.0 Å². The molecule has 10 heteroatoms. The van der Waals surface area contributed by atoms with E-state index in [1.54, 1.807) is 12.2 Å². The number of nitrogens with zero attached hydrogens (tertiary/aromatic N) is 3. The third-order valence-corrected chi connectivity index (χ3v) is 12.2. The maximum Gasteiger partial charge on any atom is 0.303 e. The summed E-state index contributed by atoms with van der Waals surface area (Å²) in [6.45, 7) is 18.8. The Hall–Kier alpha value is -5.09. The molecular formula is C49H64N4O6. The van der Waals surface area contributed by atoms with Gasteiger partial charge in [-0.1, -0.05) is 85.3 Å². The van der Waals surface area contributed by atoms with Gasteiger partial charge in [0, 0.05) is 41.3 Å². The summed E-state index contributed by atoms with van der Waals surface area (Å²) in [5.74, 6) is 0.460. The van der Waals surface area contributed by atoms with Crippen LogP contribution in [0.25, 0.3) is 17.9 Å². The molecule has 0 amide bonds. The Balaban J connectivity index is 1.57. The fraction of sp³-hybridized carbons (Fsp3) is 0.490. The van der Waals surface area contributed by atoms with Gasteiger partial charge in [0.05, 0.1) is 46.2 Å². The van der Waals surface area contributed by atoms with Crippen LogP contribution >= 0.6 is 0 Å². The molecular weight excluding hydrogens is 741 g/mol. The first-order valence-corrected chi connectivity index (χ1v) is 21.5. The Morgan fingerprint density at radius 2 is 1.22 bits per heavy atom. The number of rotatable bonds is 20. The lowest BCUT2D eigenvalue weighted by atomic mass is 9.92. The maximum atomic E-state index is 11.8. The summed E-state index contributed by atoms with van der Waals surface area (Å²) in [5.41, 5.74) is 9.37. The Labute approximate surface area is 349 Å². The third-order valence-electron chi connectivity index (χ3n) is 12.2. The number of hydrogen-bond donors (Lipinski definition) is 5. The molecule has 5 N–H and O–H groups in total. The summed E-state index contributed by atoms with van der Waals surface area (Å²) in [7, 11) is 0. The Kier molecular flexibility index (Phi) is 15.4. The number of aliphatic carboxylic acids is 2. The largest absolute Gasteiger partial charge is 0.512 e. The monoisotopic (exact) mass is 804 g/mol. The van der Waals surface area contributed by atoms with Gasteiger partial charge in [0.2, 0.25) is 0 Å². The molecule has 1 aromatic rings. The second-order valence-electron chi connectivity index (χ2n) is 17.2. The Bertz CT molecular complexity index is 2270. The molecule has 0 radical (unpaired) electrons. The number of carbonyl (C=O) groups is 2. The van der Waals surface area contributed by atoms with E-state index in [1.165, 1.54) is 38.5 Å². The average Bonchev–Trinajstić information content (AvgIpc) is 3.85. The van der Waals surface area contributed by atoms with E-state index in [1.807, 2.05) is 39.0 Å². The molecule has 2 atom stereocenters. The number of allylic oxidation sites excluding steroid dienone is 7. The number of aliphatic hydroxyl groups is 2. The lowest BCUT2D eigenvalue weighted by Gasteiger charge is -2.15. The normalized spacial score (nSPS) is 18.0. The first kappa shape index (κ1) is 45.0. The molecule has 0 spiro atoms. The highest BCUT2D eigenvalue weighted by Gasteiger charge is 2.28. The highest BCUT2D eigenvalue weighted by molar-refractivity contribution is 6.24. The number of aliphatic hydroxyl groups excluding tert-OH is 2. The highest BCUT2D eigenvalue weighted by Crippen LogP contribution is 2.36. The van der Waals surface area contributed by atoms with Crippen LogP contribution in [0.1, 0.15) is 136 Å². The second kappa shape index (κ2) is 20.2. The van der Waals surface area contributed by atoms with Crippen molar-refractivity contribution in [1.82, 2.24) is 4.98 Å². The van der Waals surface area contributed by atoms with Crippen LogP contribution in [0.5, 0.6) is 0 Å². The number of aliphatic imine (C=N–C) groups is 3. The van der Waals surface area contributed by atoms with Gasteiger partial charge in [-0.3, -0.25) is 9.59 Å². The zero-order chi connectivity index (χ0) is 43.0. The van der Waals surface area contributed by atoms with Gasteiger partial charge in [0.25, 0.3) is 0 Å². The van der Waals surface area contributed by atoms with E-state index in [4.69, 9.17) is 15.0 Å². The van der Waals surface area contributed by atoms with Gasteiger partial charge in [-0.25, -0.2) is 15.0 Å². The molecule has 0 fully saturated rings. The molecule has 0 saturated carbocycles. The minimum atomic E-state index is -0.978. The van der Waals surface area contributed by atoms with E-state index in [2.05, 4.69) is 39.3 Å². The summed E-state index contributed by atoms with van der Waals surface area (Å²) in [4.78, 5) is 42.0. The van der Waals surface area contributed by atoms with Gasteiger partial charge in [0.1, 0.15) is 5.76 Å². The first-order valence-electron chi connectivity index (χ1n) is 21.5. The topological polar surface area (TPSA) is 168 Å². The van der Waals surface area contributed by atoms with Gasteiger partial charge in [-0.15, -0.1) is 0 Å². The van der Waals surface area contributed by atoms with Crippen LogP contribution in [0.3, 0.4) is 0 Å². The number of hydrogen-bond acceptors (Lipinski definition) is 7. The molecule has 0 unspecified atom stereocenters. The second-order valence-corrected chi connectivity index (χ2v) is 17.2. The molecule has 0 aromatic carbocycles. The molecule has 59 heavy (non-hydrogen) atoms. The van der Waals surface area contributed by atoms with Crippen LogP contribution in [0.4, 0.5) is 0 Å². The smallest absolute Gasteiger partial charge is 0.303 e. The molecule has 4 aliphatic heterocycles. The fourth-order valence-electron chi connectivity index (χ4n) is 8.56. The van der Waals surface area contributed by atoms with Crippen LogP contribution in [-0.2, 0) is 9.59 Å². The predicted molar refractivity (Wildman–Crippen MR) is 240 cm³/mol. The lowest BCUT2D eigenvalue weighted by molar-refractivity contribution is -0.137. The number of H-pyrrole nitrogens is 1. The number of aromatic amines is 1. The van der Waals surface area contributed by atoms with Crippen molar-refractivity contribution in [2.45, 2.75) is 132 Å². The van der Waals surface area contributed by atoms with E-state index in [0.717, 1.165) is 52.5 Å². The summed E-state index contributed by atoms with van der Waals surface area (Å²) < 4.78 is 0. The Morgan fingerprint density at radius 3 is 1.83 bits per heavy atom. The Morgan fingerprint density at radius 1 is 0.678 bits per heavy atom. The van der Waals surface area contributed by atoms with Crippen molar-refractivity contribution >= 4 is 47.0 Å². The maximum absolute atomic E-state index is 11.8. The summed E-state index contributed by atoms with van der Waals surface area (Å²) >= 11 is 0. The van der Waals surface area contributed by atoms with Crippen molar-refractivity contribution in [2.24, 2.45) is 32.7 Å². The molecule has 8 bridgehead atoms. The van der Waals surface area contributed by atoms with E-state index < -0.39 is 11.9 Å². The minimum Gasteiger partial charge on any atom is -0.512 e. The van der Waals surface area contributed by atoms with E-state index in [0.29, 0.717) is 79.7 Å². The van der Waals surface area contributed by atoms with Gasteiger partial charge < -0.3 is 25.4 Å². The van der Waals surface area contributed by atoms with Crippen LogP contribution in [0.2, 0.25) is 0 Å². The first-order chi connectivity index (χ1) is 28.1. The number of nitrogens with one attached hydrogen (secondary N) is 1. The predicted octanol–water partition coefficient (Wildman–Crippen LogP) is 9.53. The molecule has 1 aromatic heterocycles. The van der Waals surface area contributed by atoms with Crippen LogP contribution in [0.15, 0.2) is 90.3 Å². The number of carboxylic acid groups (broad SMARTS) is 2. The van der Waals surface area contributed by atoms with Crippen LogP contribution in [-0.4, -0.2) is 61.1 Å². The summed E-state index contributed by atoms with van der Waals surface area (Å²) in [6.07, 6.45) is 19.3. The van der Waals surface area contributed by atoms with Gasteiger partial charge in [0.15, 0.2) is 0 Å². The standard InChI is InChI=1S/C49H64N4O6/c1-9-34-31(6)39-25-45-49(46(55)18-12-17-30(5)16-11-15-29(4)14-10-13-28(2)3)33(8)40(52-45)24-44-37(27-54)36(20-22-48(58)59)43(53-44)26-42-35(19-21-47(56)57)32(7)38(51-42)23-41(34)50-39/h9,23-26,28-30,52,54-55H,1,10-22,27H2,2-8H3,(H,56,57)(H,58,59)/t29-,30+/m1/s1. The van der Waals surface area contributed by atoms with Crippen molar-refractivity contribution < 1.29 is 30.0 Å². The zero-order valence-corrected chi connectivity index (χ0v) is 36.2. The summed E-state index contributed by atoms with van der Waals surface area (Å²) in [6, 6.07) is 0. The van der Waals surface area contributed by atoms with Crippen molar-refractivity contribution in [2.75, 3.05) is 6.61 Å². The molecule has 10 nitrogen and oxygen atoms in total. The third kappa shape index (κ3) is 11.1. The highest BCUT2D eigenvalue weighted by atomic mass is 16.4. The van der Waals surface area contributed by atoms with Gasteiger partial charge in [-0.2, -0.15) is 0 Å². The molecule has 0 saturated heterocycles. The van der Waals surface area contributed by atoms with E-state index in [-0.39, 0.29) is 32.3 Å². The van der Waals surface area contributed by atoms with Crippen molar-refractivity contribution in [1.29, 1.82) is 0 Å². The van der Waals surface area contributed by atoms with Gasteiger partial charge in [-0.05, 0) is 110 Å². The molecule has 316 valence electrons. The fourth-order valence-corrected chi connectivity index (χ4v) is 8.56. The number of carboxylic acids is 2. The van der Waals surface area contributed by atoms with Crippen molar-refractivity contribution in [3.8, 4) is 0 Å². The molecule has 5 rings (SSSR count). The molecule has 5 heterocycles. The van der Waals surface area contributed by atoms with Gasteiger partial charge >= 0.3 is 11.9 Å². The SMILES string of the molecule is C=CC1=C(C)C2=NC1=CC1=NC(=CC3=NC(=Cc4[nH]c(c(=C(O)CCC[C@@H](C)CCC[C@H](C)CCCC(C)C)c4C)=C2)C(CO)=C3CCC(=O)O)C(CCC(=O)O)=C1C. The summed E-state index contributed by atoms with van der Waals surface area (Å²) in [5, 5.41) is 43.2. The molecule has 0 aliphatic carbocycles. The molecule has 4 aliphatic rings. The zero-order valence-electron chi connectivity index (χ0n) is 36.2.